The van der Waals surface area contributed by atoms with Gasteiger partial charge in [-0.05, 0) is 0 Å². The van der Waals surface area contributed by atoms with Crippen molar-refractivity contribution in [3.63, 3.8) is 0 Å². The van der Waals surface area contributed by atoms with Gasteiger partial charge in [0.25, 0.3) is 0 Å². The molecule has 0 aliphatic rings. The smallest absolute Gasteiger partial charge is 0.870 e. The van der Waals surface area contributed by atoms with Crippen LogP contribution < -0.4 is 14.7 Å². The monoisotopic (exact) mass is 168 g/mol. The summed E-state index contributed by atoms with van der Waals surface area (Å²) >= 11 is 0. The van der Waals surface area contributed by atoms with Crippen LogP contribution in [-0.2, 0) is 21.6 Å². The molecule has 0 heterocycles. The van der Waals surface area contributed by atoms with E-state index in [1.165, 1.54) is 0 Å². The Morgan fingerprint density at radius 1 is 1.14 bits per heavy atom. The molecule has 7 heavy (non-hydrogen) atoms. The maximum atomic E-state index is 8.55. The van der Waals surface area contributed by atoms with Crippen molar-refractivity contribution in [3.05, 3.63) is 0 Å². The van der Waals surface area contributed by atoms with Crippen molar-refractivity contribution in [2.45, 2.75) is 0 Å². The van der Waals surface area contributed by atoms with Crippen molar-refractivity contribution in [1.29, 1.82) is 0 Å². The summed E-state index contributed by atoms with van der Waals surface area (Å²) in [7, 11) is -5.39. The summed E-state index contributed by atoms with van der Waals surface area (Å²) in [4.78, 5) is 25.6. The Morgan fingerprint density at radius 3 is 1.14 bits per heavy atom. The molecule has 0 rings (SSSR count). The number of hydrogen-bond acceptors (Lipinski definition) is 5. The van der Waals surface area contributed by atoms with E-state index in [9.17, 15) is 0 Å². The fourth-order valence-electron chi connectivity index (χ4n) is 0. The maximum absolute atomic E-state index is 8.55. The molecule has 0 aromatic heterocycles. The molecule has 5 nitrogen and oxygen atoms in total. The molecule has 7 heteroatoms. The summed E-state index contributed by atoms with van der Waals surface area (Å²) < 4.78 is 8.55. The Morgan fingerprint density at radius 2 is 1.14 bits per heavy atom. The predicted octanol–water partition coefficient (Wildman–Crippen LogP) is -3.00. The van der Waals surface area contributed by atoms with Gasteiger partial charge < -0.3 is 24.7 Å². The molecule has 45 valence electrons. The fourth-order valence-corrected chi connectivity index (χ4v) is 0. The first-order chi connectivity index (χ1) is 2.00. The minimum absolute atomic E-state index is 0. The average molecular weight is 168 g/mol. The summed E-state index contributed by atoms with van der Waals surface area (Å²) in [5.74, 6) is 0. The van der Waals surface area contributed by atoms with Crippen LogP contribution in [0.1, 0.15) is 0 Å². The van der Waals surface area contributed by atoms with Crippen molar-refractivity contribution in [2.24, 2.45) is 0 Å². The minimum Gasteiger partial charge on any atom is -0.870 e. The van der Waals surface area contributed by atoms with Crippen LogP contribution in [0.25, 0.3) is 0 Å². The average Bonchev–Trinajstić information content (AvgIpc) is 0.722. The first kappa shape index (κ1) is 15.6. The van der Waals surface area contributed by atoms with E-state index in [-0.39, 0.29) is 22.5 Å². The SMILES string of the molecule is O=P([O-])([O-])[O-].[Fe+3].[OH-]. The topological polar surface area (TPSA) is 116 Å². The fraction of sp³-hybridized carbons (Fsp3) is 0. The van der Waals surface area contributed by atoms with Crippen LogP contribution in [0.4, 0.5) is 0 Å². The zero-order chi connectivity index (χ0) is 4.50. The molecule has 0 bridgehead atoms. The number of rotatable bonds is 0. The third-order valence-corrected chi connectivity index (χ3v) is 0. The van der Waals surface area contributed by atoms with Gasteiger partial charge in [-0.1, -0.05) is 0 Å². The van der Waals surface area contributed by atoms with Gasteiger partial charge in [0.1, 0.15) is 0 Å². The van der Waals surface area contributed by atoms with Gasteiger partial charge in [-0.25, -0.2) is 0 Å². The molecular formula is HFeO5P-. The van der Waals surface area contributed by atoms with Crippen LogP contribution in [0.2, 0.25) is 0 Å². The van der Waals surface area contributed by atoms with E-state index in [0.717, 1.165) is 0 Å². The maximum Gasteiger partial charge on any atom is 3.00 e. The van der Waals surface area contributed by atoms with Gasteiger partial charge in [-0.2, -0.15) is 7.82 Å². The van der Waals surface area contributed by atoms with Crippen molar-refractivity contribution in [2.75, 3.05) is 0 Å². The second-order valence-electron chi connectivity index (χ2n) is 0.447. The van der Waals surface area contributed by atoms with E-state index in [4.69, 9.17) is 19.2 Å². The van der Waals surface area contributed by atoms with Crippen LogP contribution >= 0.6 is 7.82 Å². The first-order valence-electron chi connectivity index (χ1n) is 0.730. The summed E-state index contributed by atoms with van der Waals surface area (Å²) in [5.41, 5.74) is 0. The predicted molar refractivity (Wildman–Crippen MR) is 9.54 cm³/mol. The molecule has 0 aliphatic carbocycles. The third-order valence-electron chi connectivity index (χ3n) is 0. The van der Waals surface area contributed by atoms with Crippen molar-refractivity contribution in [1.82, 2.24) is 0 Å². The Hall–Kier alpha value is 0.589. The quantitative estimate of drug-likeness (QED) is 0.282. The largest absolute Gasteiger partial charge is 3.00 e. The summed E-state index contributed by atoms with van der Waals surface area (Å²) in [5, 5.41) is 0. The zero-order valence-corrected chi connectivity index (χ0v) is 4.88. The summed E-state index contributed by atoms with van der Waals surface area (Å²) in [6, 6.07) is 0. The van der Waals surface area contributed by atoms with Crippen molar-refractivity contribution < 1.29 is 41.8 Å². The molecule has 0 fully saturated rings. The molecular weight excluding hydrogens is 167 g/mol. The zero-order valence-electron chi connectivity index (χ0n) is 2.88. The van der Waals surface area contributed by atoms with E-state index in [1.54, 1.807) is 0 Å². The van der Waals surface area contributed by atoms with Crippen LogP contribution in [-0.4, -0.2) is 5.48 Å². The van der Waals surface area contributed by atoms with E-state index in [2.05, 4.69) is 0 Å². The second kappa shape index (κ2) is 4.74. The molecule has 0 aromatic rings. The molecule has 0 aliphatic heterocycles. The molecule has 0 unspecified atom stereocenters. The van der Waals surface area contributed by atoms with Crippen LogP contribution in [0.15, 0.2) is 0 Å². The minimum atomic E-state index is -5.39. The number of phosphoric acid groups is 1. The van der Waals surface area contributed by atoms with Gasteiger partial charge in [0.15, 0.2) is 0 Å². The van der Waals surface area contributed by atoms with E-state index < -0.39 is 7.82 Å². The van der Waals surface area contributed by atoms with E-state index in [0.29, 0.717) is 0 Å². The molecule has 0 atom stereocenters. The van der Waals surface area contributed by atoms with Crippen molar-refractivity contribution in [3.8, 4) is 0 Å². The van der Waals surface area contributed by atoms with Crippen LogP contribution in [0, 0.1) is 0 Å². The standard InChI is InChI=1S/Fe.H3O4P.H2O/c;1-5(2,3)4;/h;(H3,1,2,3,4);1H2/q+3;;/p-4. The Labute approximate surface area is 50.4 Å². The molecule has 1 N–H and O–H groups in total. The van der Waals surface area contributed by atoms with Gasteiger partial charge in [0.05, 0.1) is 0 Å². The normalized spacial score (nSPS) is 8.43. The number of hydrogen-bond donors (Lipinski definition) is 0. The van der Waals surface area contributed by atoms with Gasteiger partial charge in [0.2, 0.25) is 0 Å². The van der Waals surface area contributed by atoms with Gasteiger partial charge in [-0.3, -0.25) is 0 Å². The van der Waals surface area contributed by atoms with Crippen LogP contribution in [0.5, 0.6) is 0 Å². The molecule has 0 spiro atoms. The molecule has 0 aromatic carbocycles. The van der Waals surface area contributed by atoms with Crippen molar-refractivity contribution >= 4 is 7.82 Å². The Balaban J connectivity index is -0.0000000800. The molecule has 0 saturated heterocycles. The Bertz CT molecular complexity index is 54.2. The summed E-state index contributed by atoms with van der Waals surface area (Å²) in [6.07, 6.45) is 0. The first-order valence-corrected chi connectivity index (χ1v) is 2.19. The van der Waals surface area contributed by atoms with E-state index >= 15 is 0 Å². The van der Waals surface area contributed by atoms with Gasteiger partial charge in [0, 0.05) is 0 Å². The van der Waals surface area contributed by atoms with Crippen LogP contribution in [0.3, 0.4) is 0 Å². The van der Waals surface area contributed by atoms with Gasteiger partial charge >= 0.3 is 17.1 Å². The second-order valence-corrected chi connectivity index (χ2v) is 1.34. The molecule has 0 saturated carbocycles. The van der Waals surface area contributed by atoms with Gasteiger partial charge in [-0.15, -0.1) is 0 Å². The summed E-state index contributed by atoms with van der Waals surface area (Å²) in [6.45, 7) is 0. The van der Waals surface area contributed by atoms with E-state index in [1.807, 2.05) is 0 Å². The molecule has 0 amide bonds. The third kappa shape index (κ3) is 399. The Kier molecular flexibility index (Phi) is 10.6. The molecule has 1 radical (unpaired) electrons.